The highest BCUT2D eigenvalue weighted by Crippen LogP contribution is 2.29. The van der Waals surface area contributed by atoms with Gasteiger partial charge >= 0.3 is 6.18 Å². The number of benzene rings is 3. The minimum absolute atomic E-state index is 0.230. The molecule has 0 aliphatic carbocycles. The van der Waals surface area contributed by atoms with E-state index in [1.807, 2.05) is 30.3 Å². The molecule has 3 aromatic carbocycles. The van der Waals surface area contributed by atoms with Crippen molar-refractivity contribution in [2.75, 3.05) is 11.9 Å². The molecular formula is C22H17F3N2O2. The monoisotopic (exact) mass is 398 g/mol. The Balaban J connectivity index is 1.75. The first-order valence-electron chi connectivity index (χ1n) is 8.67. The first-order chi connectivity index (χ1) is 13.8. The van der Waals surface area contributed by atoms with E-state index in [4.69, 9.17) is 0 Å². The van der Waals surface area contributed by atoms with Crippen LogP contribution in [-0.4, -0.2) is 23.9 Å². The van der Waals surface area contributed by atoms with E-state index in [-0.39, 0.29) is 11.6 Å². The second-order valence-corrected chi connectivity index (χ2v) is 6.32. The predicted molar refractivity (Wildman–Crippen MR) is 106 cm³/mol. The summed E-state index contributed by atoms with van der Waals surface area (Å²) in [5.41, 5.74) is 0.948. The summed E-state index contributed by atoms with van der Waals surface area (Å²) in [6.45, 7) is 0. The maximum absolute atomic E-state index is 12.6. The summed E-state index contributed by atoms with van der Waals surface area (Å²) in [6.07, 6.45) is -3.25. The molecule has 7 heteroatoms. The highest BCUT2D eigenvalue weighted by molar-refractivity contribution is 6.05. The summed E-state index contributed by atoms with van der Waals surface area (Å²) in [7, 11) is 1.66. The fourth-order valence-corrected chi connectivity index (χ4v) is 2.68. The summed E-state index contributed by atoms with van der Waals surface area (Å²) < 4.78 is 38.3. The third-order valence-electron chi connectivity index (χ3n) is 4.32. The van der Waals surface area contributed by atoms with Gasteiger partial charge in [0.25, 0.3) is 5.91 Å². The summed E-state index contributed by atoms with van der Waals surface area (Å²) in [6, 6.07) is 19.4. The van der Waals surface area contributed by atoms with Gasteiger partial charge < -0.3 is 10.1 Å². The van der Waals surface area contributed by atoms with E-state index in [2.05, 4.69) is 0 Å². The van der Waals surface area contributed by atoms with Gasteiger partial charge in [0.2, 0.25) is 5.69 Å². The third kappa shape index (κ3) is 4.82. The van der Waals surface area contributed by atoms with Gasteiger partial charge in [-0.25, -0.2) is 0 Å². The first kappa shape index (κ1) is 20.1. The van der Waals surface area contributed by atoms with Crippen LogP contribution >= 0.6 is 0 Å². The Bertz CT molecular complexity index is 1010. The molecule has 1 amide bonds. The zero-order valence-electron chi connectivity index (χ0n) is 15.4. The number of halogens is 3. The normalized spacial score (nSPS) is 11.9. The quantitative estimate of drug-likeness (QED) is 0.261. The molecule has 0 N–H and O–H groups in total. The molecule has 148 valence electrons. The minimum atomic E-state index is -4.43. The fraction of sp³-hybridized carbons (Fsp3) is 0.0909. The van der Waals surface area contributed by atoms with Crippen LogP contribution in [0.3, 0.4) is 0 Å². The van der Waals surface area contributed by atoms with E-state index < -0.39 is 11.7 Å². The standard InChI is InChI=1S/C22H17F3N2O2/c1-26(19-5-3-2-4-6-19)21(28)17-9-13-20(14-10-17)27(29)15-16-7-11-18(12-8-16)22(23,24)25/h2-15H,1H3/b27-15-. The zero-order chi connectivity index (χ0) is 21.0. The number of alkyl halides is 3. The number of carbonyl (C=O) groups excluding carboxylic acids is 1. The fourth-order valence-electron chi connectivity index (χ4n) is 2.68. The molecule has 0 radical (unpaired) electrons. The molecule has 0 atom stereocenters. The maximum atomic E-state index is 12.6. The van der Waals surface area contributed by atoms with Crippen molar-refractivity contribution in [2.45, 2.75) is 6.18 Å². The van der Waals surface area contributed by atoms with Gasteiger partial charge in [0, 0.05) is 36.0 Å². The van der Waals surface area contributed by atoms with E-state index in [0.29, 0.717) is 15.9 Å². The Morgan fingerprint density at radius 3 is 2.07 bits per heavy atom. The van der Waals surface area contributed by atoms with Crippen LogP contribution < -0.4 is 4.90 Å². The zero-order valence-corrected chi connectivity index (χ0v) is 15.4. The number of hydrogen-bond acceptors (Lipinski definition) is 2. The largest absolute Gasteiger partial charge is 0.618 e. The van der Waals surface area contributed by atoms with Crippen molar-refractivity contribution in [1.29, 1.82) is 0 Å². The van der Waals surface area contributed by atoms with Gasteiger partial charge in [0.1, 0.15) is 0 Å². The summed E-state index contributed by atoms with van der Waals surface area (Å²) in [5.74, 6) is -0.230. The van der Waals surface area contributed by atoms with E-state index in [9.17, 15) is 23.2 Å². The van der Waals surface area contributed by atoms with Crippen molar-refractivity contribution >= 4 is 23.5 Å². The smallest absolute Gasteiger partial charge is 0.416 e. The van der Waals surface area contributed by atoms with Gasteiger partial charge in [0.15, 0.2) is 6.21 Å². The lowest BCUT2D eigenvalue weighted by Gasteiger charge is -2.17. The van der Waals surface area contributed by atoms with Crippen LogP contribution in [0.4, 0.5) is 24.5 Å². The molecule has 0 fully saturated rings. The van der Waals surface area contributed by atoms with Crippen LogP contribution in [0.25, 0.3) is 0 Å². The second kappa shape index (κ2) is 8.18. The Morgan fingerprint density at radius 1 is 0.931 bits per heavy atom. The average Bonchev–Trinajstić information content (AvgIpc) is 2.73. The van der Waals surface area contributed by atoms with Crippen LogP contribution in [-0.2, 0) is 6.18 Å². The average molecular weight is 398 g/mol. The highest BCUT2D eigenvalue weighted by Gasteiger charge is 2.29. The molecule has 0 spiro atoms. The molecule has 0 unspecified atom stereocenters. The second-order valence-electron chi connectivity index (χ2n) is 6.32. The minimum Gasteiger partial charge on any atom is -0.618 e. The molecule has 3 aromatic rings. The SMILES string of the molecule is CN(C(=O)c1ccc(/[N+]([O-])=C/c2ccc(C(F)(F)F)cc2)cc1)c1ccccc1. The number of anilines is 1. The van der Waals surface area contributed by atoms with Gasteiger partial charge in [-0.15, -0.1) is 0 Å². The van der Waals surface area contributed by atoms with Crippen LogP contribution in [0.15, 0.2) is 78.9 Å². The van der Waals surface area contributed by atoms with Crippen molar-refractivity contribution in [3.8, 4) is 0 Å². The van der Waals surface area contributed by atoms with Crippen LogP contribution in [0.5, 0.6) is 0 Å². The van der Waals surface area contributed by atoms with Crippen molar-refractivity contribution < 1.29 is 22.7 Å². The van der Waals surface area contributed by atoms with Crippen molar-refractivity contribution in [2.24, 2.45) is 0 Å². The molecule has 4 nitrogen and oxygen atoms in total. The Kier molecular flexibility index (Phi) is 5.68. The van der Waals surface area contributed by atoms with Gasteiger partial charge in [-0.05, 0) is 48.5 Å². The predicted octanol–water partition coefficient (Wildman–Crippen LogP) is 5.24. The van der Waals surface area contributed by atoms with E-state index in [1.165, 1.54) is 47.5 Å². The lowest BCUT2D eigenvalue weighted by Crippen LogP contribution is -2.26. The molecule has 0 aliphatic heterocycles. The number of amides is 1. The van der Waals surface area contributed by atoms with Gasteiger partial charge in [-0.3, -0.25) is 4.79 Å². The summed E-state index contributed by atoms with van der Waals surface area (Å²) in [4.78, 5) is 14.1. The molecule has 0 heterocycles. The van der Waals surface area contributed by atoms with Crippen molar-refractivity contribution in [3.63, 3.8) is 0 Å². The number of para-hydroxylation sites is 1. The van der Waals surface area contributed by atoms with Gasteiger partial charge in [-0.2, -0.15) is 17.9 Å². The van der Waals surface area contributed by atoms with Crippen LogP contribution in [0.1, 0.15) is 21.5 Å². The van der Waals surface area contributed by atoms with Crippen molar-refractivity contribution in [3.05, 3.63) is 101 Å². The third-order valence-corrected chi connectivity index (χ3v) is 4.32. The molecule has 0 aromatic heterocycles. The summed E-state index contributed by atoms with van der Waals surface area (Å²) in [5, 5.41) is 12.3. The molecule has 0 saturated carbocycles. The molecule has 3 rings (SSSR count). The van der Waals surface area contributed by atoms with E-state index >= 15 is 0 Å². The molecule has 29 heavy (non-hydrogen) atoms. The number of rotatable bonds is 4. The lowest BCUT2D eigenvalue weighted by atomic mass is 10.1. The first-order valence-corrected chi connectivity index (χ1v) is 8.67. The molecular weight excluding hydrogens is 381 g/mol. The van der Waals surface area contributed by atoms with Gasteiger partial charge in [-0.1, -0.05) is 18.2 Å². The number of carbonyl (C=O) groups is 1. The molecule has 0 aliphatic rings. The van der Waals surface area contributed by atoms with E-state index in [1.54, 1.807) is 7.05 Å². The number of nitrogens with zero attached hydrogens (tertiary/aromatic N) is 2. The lowest BCUT2D eigenvalue weighted by molar-refractivity contribution is -0.354. The Labute approximate surface area is 165 Å². The molecule has 0 saturated heterocycles. The summed E-state index contributed by atoms with van der Waals surface area (Å²) >= 11 is 0. The maximum Gasteiger partial charge on any atom is 0.416 e. The topological polar surface area (TPSA) is 46.4 Å². The van der Waals surface area contributed by atoms with Crippen LogP contribution in [0.2, 0.25) is 0 Å². The van der Waals surface area contributed by atoms with Crippen LogP contribution in [0, 0.1) is 5.21 Å². The highest BCUT2D eigenvalue weighted by atomic mass is 19.4. The van der Waals surface area contributed by atoms with Crippen molar-refractivity contribution in [1.82, 2.24) is 0 Å². The number of hydrogen-bond donors (Lipinski definition) is 0. The van der Waals surface area contributed by atoms with E-state index in [0.717, 1.165) is 17.8 Å². The Morgan fingerprint density at radius 2 is 1.52 bits per heavy atom. The Hall–Kier alpha value is -3.61. The van der Waals surface area contributed by atoms with Gasteiger partial charge in [0.05, 0.1) is 5.56 Å². The molecule has 0 bridgehead atoms.